The standard InChI is InChI=1S/C21H24N4O2/c1-4-25(15-16-8-6-5-7-9-16)21-22-13-12-20(24-21)23-17-10-11-18(26-2)19(14-17)27-3/h5-14H,4,15H2,1-3H3,(H,22,23,24). The molecule has 3 rings (SSSR count). The number of hydrogen-bond acceptors (Lipinski definition) is 6. The molecule has 0 spiro atoms. The molecular weight excluding hydrogens is 340 g/mol. The Balaban J connectivity index is 1.78. The Hall–Kier alpha value is -3.28. The van der Waals surface area contributed by atoms with Crippen LogP contribution < -0.4 is 19.7 Å². The fourth-order valence-electron chi connectivity index (χ4n) is 2.76. The van der Waals surface area contributed by atoms with E-state index in [0.29, 0.717) is 17.4 Å². The van der Waals surface area contributed by atoms with Gasteiger partial charge in [-0.15, -0.1) is 0 Å². The van der Waals surface area contributed by atoms with E-state index in [-0.39, 0.29) is 0 Å². The molecule has 0 unspecified atom stereocenters. The van der Waals surface area contributed by atoms with Crippen molar-refractivity contribution in [2.75, 3.05) is 31.0 Å². The first-order chi connectivity index (χ1) is 13.2. The van der Waals surface area contributed by atoms with E-state index in [1.54, 1.807) is 20.4 Å². The molecule has 6 heteroatoms. The Labute approximate surface area is 159 Å². The maximum Gasteiger partial charge on any atom is 0.227 e. The molecular formula is C21H24N4O2. The Morgan fingerprint density at radius 2 is 1.74 bits per heavy atom. The third kappa shape index (κ3) is 4.67. The predicted octanol–water partition coefficient (Wildman–Crippen LogP) is 4.26. The van der Waals surface area contributed by atoms with Crippen molar-refractivity contribution in [1.29, 1.82) is 0 Å². The van der Waals surface area contributed by atoms with Gasteiger partial charge in [-0.05, 0) is 30.7 Å². The van der Waals surface area contributed by atoms with Gasteiger partial charge in [-0.3, -0.25) is 0 Å². The summed E-state index contributed by atoms with van der Waals surface area (Å²) >= 11 is 0. The van der Waals surface area contributed by atoms with Gasteiger partial charge in [0.2, 0.25) is 5.95 Å². The molecule has 27 heavy (non-hydrogen) atoms. The van der Waals surface area contributed by atoms with Gasteiger partial charge in [-0.25, -0.2) is 4.98 Å². The van der Waals surface area contributed by atoms with Crippen LogP contribution in [0.25, 0.3) is 0 Å². The van der Waals surface area contributed by atoms with Gasteiger partial charge in [0.05, 0.1) is 14.2 Å². The molecule has 0 aliphatic heterocycles. The summed E-state index contributed by atoms with van der Waals surface area (Å²) in [4.78, 5) is 11.2. The molecule has 0 fully saturated rings. The monoisotopic (exact) mass is 364 g/mol. The van der Waals surface area contributed by atoms with Gasteiger partial charge < -0.3 is 19.7 Å². The normalized spacial score (nSPS) is 10.3. The molecule has 0 atom stereocenters. The van der Waals surface area contributed by atoms with Crippen LogP contribution in [0.5, 0.6) is 11.5 Å². The summed E-state index contributed by atoms with van der Waals surface area (Å²) in [5.41, 5.74) is 2.09. The highest BCUT2D eigenvalue weighted by Crippen LogP contribution is 2.31. The summed E-state index contributed by atoms with van der Waals surface area (Å²) < 4.78 is 10.6. The van der Waals surface area contributed by atoms with E-state index >= 15 is 0 Å². The topological polar surface area (TPSA) is 59.5 Å². The van der Waals surface area contributed by atoms with Crippen LogP contribution in [0.4, 0.5) is 17.5 Å². The number of anilines is 3. The molecule has 0 aliphatic carbocycles. The maximum atomic E-state index is 5.35. The van der Waals surface area contributed by atoms with Crippen molar-refractivity contribution in [3.63, 3.8) is 0 Å². The average Bonchev–Trinajstić information content (AvgIpc) is 2.73. The Kier molecular flexibility index (Phi) is 6.10. The minimum absolute atomic E-state index is 0.663. The van der Waals surface area contributed by atoms with Gasteiger partial charge in [0.1, 0.15) is 5.82 Å². The molecule has 0 bridgehead atoms. The maximum absolute atomic E-state index is 5.35. The minimum atomic E-state index is 0.663. The molecule has 2 aromatic carbocycles. The number of nitrogens with one attached hydrogen (secondary N) is 1. The number of rotatable bonds is 8. The second-order valence-corrected chi connectivity index (χ2v) is 5.94. The van der Waals surface area contributed by atoms with Crippen LogP contribution in [0.1, 0.15) is 12.5 Å². The molecule has 3 aromatic rings. The fourth-order valence-corrected chi connectivity index (χ4v) is 2.76. The Morgan fingerprint density at radius 3 is 2.44 bits per heavy atom. The van der Waals surface area contributed by atoms with Crippen LogP contribution in [0.2, 0.25) is 0 Å². The highest BCUT2D eigenvalue weighted by Gasteiger charge is 2.10. The quantitative estimate of drug-likeness (QED) is 0.644. The van der Waals surface area contributed by atoms with Crippen LogP contribution in [-0.4, -0.2) is 30.7 Å². The molecule has 0 amide bonds. The molecule has 0 saturated heterocycles. The second kappa shape index (κ2) is 8.89. The highest BCUT2D eigenvalue weighted by molar-refractivity contribution is 5.62. The van der Waals surface area contributed by atoms with Crippen LogP contribution in [0, 0.1) is 0 Å². The molecule has 0 radical (unpaired) electrons. The number of benzene rings is 2. The summed E-state index contributed by atoms with van der Waals surface area (Å²) in [5.74, 6) is 2.76. The lowest BCUT2D eigenvalue weighted by atomic mass is 10.2. The van der Waals surface area contributed by atoms with Crippen molar-refractivity contribution < 1.29 is 9.47 Å². The zero-order valence-electron chi connectivity index (χ0n) is 15.8. The van der Waals surface area contributed by atoms with E-state index in [2.05, 4.69) is 39.2 Å². The van der Waals surface area contributed by atoms with E-state index < -0.39 is 0 Å². The van der Waals surface area contributed by atoms with Crippen LogP contribution in [0.15, 0.2) is 60.8 Å². The number of aromatic nitrogens is 2. The van der Waals surface area contributed by atoms with Gasteiger partial charge in [0.25, 0.3) is 0 Å². The lowest BCUT2D eigenvalue weighted by Gasteiger charge is -2.21. The van der Waals surface area contributed by atoms with Crippen LogP contribution >= 0.6 is 0 Å². The van der Waals surface area contributed by atoms with E-state index in [9.17, 15) is 0 Å². The summed E-state index contributed by atoms with van der Waals surface area (Å²) in [5, 5.41) is 3.30. The number of ether oxygens (including phenoxy) is 2. The summed E-state index contributed by atoms with van der Waals surface area (Å²) in [7, 11) is 3.24. The van der Waals surface area contributed by atoms with Crippen molar-refractivity contribution in [3.8, 4) is 11.5 Å². The Bertz CT molecular complexity index is 871. The predicted molar refractivity (Wildman–Crippen MR) is 108 cm³/mol. The molecule has 140 valence electrons. The SMILES string of the molecule is CCN(Cc1ccccc1)c1nccc(Nc2ccc(OC)c(OC)c2)n1. The summed E-state index contributed by atoms with van der Waals surface area (Å²) in [6, 6.07) is 17.8. The third-order valence-electron chi connectivity index (χ3n) is 4.18. The van der Waals surface area contributed by atoms with Gasteiger partial charge in [-0.1, -0.05) is 30.3 Å². The van der Waals surface area contributed by atoms with Crippen molar-refractivity contribution in [2.45, 2.75) is 13.5 Å². The number of methoxy groups -OCH3 is 2. The zero-order chi connectivity index (χ0) is 19.1. The van der Waals surface area contributed by atoms with Crippen molar-refractivity contribution in [2.24, 2.45) is 0 Å². The minimum Gasteiger partial charge on any atom is -0.493 e. The van der Waals surface area contributed by atoms with E-state index in [1.807, 2.05) is 42.5 Å². The average molecular weight is 364 g/mol. The van der Waals surface area contributed by atoms with Crippen LogP contribution in [-0.2, 0) is 6.54 Å². The van der Waals surface area contributed by atoms with Crippen molar-refractivity contribution >= 4 is 17.5 Å². The Morgan fingerprint density at radius 1 is 0.963 bits per heavy atom. The lowest BCUT2D eigenvalue weighted by molar-refractivity contribution is 0.355. The van der Waals surface area contributed by atoms with Crippen molar-refractivity contribution in [1.82, 2.24) is 9.97 Å². The van der Waals surface area contributed by atoms with Gasteiger partial charge in [-0.2, -0.15) is 4.98 Å². The fraction of sp³-hybridized carbons (Fsp3) is 0.238. The van der Waals surface area contributed by atoms with Crippen LogP contribution in [0.3, 0.4) is 0 Å². The van der Waals surface area contributed by atoms with E-state index in [4.69, 9.17) is 9.47 Å². The first-order valence-corrected chi connectivity index (χ1v) is 8.84. The molecule has 1 heterocycles. The van der Waals surface area contributed by atoms with E-state index in [0.717, 1.165) is 24.6 Å². The first kappa shape index (κ1) is 18.5. The number of nitrogens with zero attached hydrogens (tertiary/aromatic N) is 3. The van der Waals surface area contributed by atoms with Gasteiger partial charge in [0, 0.05) is 31.0 Å². The third-order valence-corrected chi connectivity index (χ3v) is 4.18. The van der Waals surface area contributed by atoms with E-state index in [1.165, 1.54) is 5.56 Å². The van der Waals surface area contributed by atoms with Crippen molar-refractivity contribution in [3.05, 3.63) is 66.4 Å². The molecule has 6 nitrogen and oxygen atoms in total. The summed E-state index contributed by atoms with van der Waals surface area (Å²) in [6.45, 7) is 3.67. The molecule has 1 N–H and O–H groups in total. The number of hydrogen-bond donors (Lipinski definition) is 1. The van der Waals surface area contributed by atoms with Gasteiger partial charge >= 0.3 is 0 Å². The largest absolute Gasteiger partial charge is 0.493 e. The smallest absolute Gasteiger partial charge is 0.227 e. The first-order valence-electron chi connectivity index (χ1n) is 8.84. The molecule has 0 aliphatic rings. The van der Waals surface area contributed by atoms with Gasteiger partial charge in [0.15, 0.2) is 11.5 Å². The second-order valence-electron chi connectivity index (χ2n) is 5.94. The lowest BCUT2D eigenvalue weighted by Crippen LogP contribution is -2.24. The highest BCUT2D eigenvalue weighted by atomic mass is 16.5. The molecule has 0 saturated carbocycles. The summed E-state index contributed by atoms with van der Waals surface area (Å²) in [6.07, 6.45) is 1.76. The zero-order valence-corrected chi connectivity index (χ0v) is 15.8. The molecule has 1 aromatic heterocycles.